The van der Waals surface area contributed by atoms with Crippen molar-refractivity contribution in [2.45, 2.75) is 25.3 Å². The van der Waals surface area contributed by atoms with E-state index in [1.54, 1.807) is 6.07 Å². The van der Waals surface area contributed by atoms with E-state index in [9.17, 15) is 14.4 Å². The zero-order valence-electron chi connectivity index (χ0n) is 14.7. The third-order valence-corrected chi connectivity index (χ3v) is 5.69. The lowest BCUT2D eigenvalue weighted by atomic mass is 9.92. The van der Waals surface area contributed by atoms with Crippen molar-refractivity contribution in [3.8, 4) is 0 Å². The molecule has 1 heterocycles. The van der Waals surface area contributed by atoms with Crippen molar-refractivity contribution < 1.29 is 14.4 Å². The van der Waals surface area contributed by atoms with Gasteiger partial charge in [-0.25, -0.2) is 4.79 Å². The number of rotatable bonds is 3. The van der Waals surface area contributed by atoms with Crippen LogP contribution in [0, 0.1) is 6.92 Å². The highest BCUT2D eigenvalue weighted by atomic mass is 79.9. The molecule has 7 heteroatoms. The van der Waals surface area contributed by atoms with Crippen LogP contribution in [-0.2, 0) is 21.5 Å². The standard InChI is InChI=1S/C20H18BrN3O3/c1-12-6-7-14(21)10-16(12)22-17(25)11-24-18(26)20(23-19(24)27)9-8-13-4-2-3-5-15(13)20/h2-7,10H,8-9,11H2,1H3,(H,22,25)(H,23,27). The number of benzene rings is 2. The van der Waals surface area contributed by atoms with Gasteiger partial charge in [0.25, 0.3) is 5.91 Å². The Balaban J connectivity index is 1.54. The molecule has 2 aliphatic rings. The van der Waals surface area contributed by atoms with E-state index in [4.69, 9.17) is 0 Å². The maximum Gasteiger partial charge on any atom is 0.325 e. The minimum absolute atomic E-state index is 0.319. The van der Waals surface area contributed by atoms with Crippen molar-refractivity contribution in [3.63, 3.8) is 0 Å². The third kappa shape index (κ3) is 2.92. The fourth-order valence-electron chi connectivity index (χ4n) is 3.80. The van der Waals surface area contributed by atoms with E-state index in [0.717, 1.165) is 32.5 Å². The van der Waals surface area contributed by atoms with Gasteiger partial charge in [-0.05, 0) is 48.6 Å². The van der Waals surface area contributed by atoms with Crippen LogP contribution in [0.1, 0.15) is 23.1 Å². The number of fused-ring (bicyclic) bond motifs is 2. The van der Waals surface area contributed by atoms with Gasteiger partial charge in [-0.1, -0.05) is 46.3 Å². The molecule has 1 fully saturated rings. The number of hydrogen-bond acceptors (Lipinski definition) is 3. The highest BCUT2D eigenvalue weighted by Crippen LogP contribution is 2.41. The van der Waals surface area contributed by atoms with Crippen LogP contribution in [0.25, 0.3) is 0 Å². The van der Waals surface area contributed by atoms with Crippen molar-refractivity contribution in [3.05, 3.63) is 63.6 Å². The Morgan fingerprint density at radius 3 is 2.85 bits per heavy atom. The Labute approximate surface area is 165 Å². The van der Waals surface area contributed by atoms with Gasteiger partial charge in [0.15, 0.2) is 0 Å². The number of carbonyl (C=O) groups is 3. The summed E-state index contributed by atoms with van der Waals surface area (Å²) in [4.78, 5) is 39.0. The second-order valence-electron chi connectivity index (χ2n) is 6.89. The molecule has 1 spiro atoms. The number of halogens is 1. The summed E-state index contributed by atoms with van der Waals surface area (Å²) in [6, 6.07) is 12.6. The second-order valence-corrected chi connectivity index (χ2v) is 7.81. The smallest absolute Gasteiger partial charge is 0.324 e. The molecule has 6 nitrogen and oxygen atoms in total. The molecule has 0 bridgehead atoms. The maximum absolute atomic E-state index is 13.1. The molecule has 4 rings (SSSR count). The third-order valence-electron chi connectivity index (χ3n) is 5.20. The predicted molar refractivity (Wildman–Crippen MR) is 104 cm³/mol. The van der Waals surface area contributed by atoms with Gasteiger partial charge >= 0.3 is 6.03 Å². The van der Waals surface area contributed by atoms with Gasteiger partial charge in [-0.15, -0.1) is 0 Å². The van der Waals surface area contributed by atoms with Crippen molar-refractivity contribution in [1.29, 1.82) is 0 Å². The van der Waals surface area contributed by atoms with Crippen molar-refractivity contribution in [1.82, 2.24) is 10.2 Å². The number of nitrogens with zero attached hydrogens (tertiary/aromatic N) is 1. The Kier molecular flexibility index (Phi) is 4.26. The first-order valence-corrected chi connectivity index (χ1v) is 9.48. The molecule has 1 unspecified atom stereocenters. The molecular formula is C20H18BrN3O3. The Bertz CT molecular complexity index is 975. The average Bonchev–Trinajstić information content (AvgIpc) is 3.12. The first-order valence-electron chi connectivity index (χ1n) is 8.69. The molecule has 138 valence electrons. The lowest BCUT2D eigenvalue weighted by Gasteiger charge is -2.22. The summed E-state index contributed by atoms with van der Waals surface area (Å²) in [6.45, 7) is 1.56. The van der Waals surface area contributed by atoms with Crippen LogP contribution in [0.15, 0.2) is 46.9 Å². The molecule has 1 aliphatic heterocycles. The van der Waals surface area contributed by atoms with E-state index >= 15 is 0 Å². The Morgan fingerprint density at radius 2 is 2.04 bits per heavy atom. The van der Waals surface area contributed by atoms with E-state index in [0.29, 0.717) is 12.1 Å². The predicted octanol–water partition coefficient (Wildman–Crippen LogP) is 3.09. The number of carbonyl (C=O) groups excluding carboxylic acids is 3. The van der Waals surface area contributed by atoms with Crippen LogP contribution in [0.2, 0.25) is 0 Å². The fraction of sp³-hybridized carbons (Fsp3) is 0.250. The zero-order valence-corrected chi connectivity index (χ0v) is 16.3. The van der Waals surface area contributed by atoms with E-state index < -0.39 is 17.5 Å². The average molecular weight is 428 g/mol. The second kappa shape index (κ2) is 6.49. The van der Waals surface area contributed by atoms with Crippen molar-refractivity contribution >= 4 is 39.5 Å². The fourth-order valence-corrected chi connectivity index (χ4v) is 4.16. The number of nitrogens with one attached hydrogen (secondary N) is 2. The summed E-state index contributed by atoms with van der Waals surface area (Å²) in [6.07, 6.45) is 1.24. The number of anilines is 1. The summed E-state index contributed by atoms with van der Waals surface area (Å²) < 4.78 is 0.833. The highest BCUT2D eigenvalue weighted by molar-refractivity contribution is 9.10. The molecule has 2 N–H and O–H groups in total. The molecular weight excluding hydrogens is 410 g/mol. The van der Waals surface area contributed by atoms with E-state index in [-0.39, 0.29) is 12.5 Å². The molecule has 4 amide bonds. The molecule has 1 aliphatic carbocycles. The molecule has 2 aromatic carbocycles. The van der Waals surface area contributed by atoms with Gasteiger partial charge in [0.1, 0.15) is 12.1 Å². The molecule has 0 radical (unpaired) electrons. The van der Waals surface area contributed by atoms with Gasteiger partial charge in [0.2, 0.25) is 5.91 Å². The first kappa shape index (κ1) is 17.7. The largest absolute Gasteiger partial charge is 0.325 e. The molecule has 0 saturated carbocycles. The number of imide groups is 1. The minimum atomic E-state index is -1.04. The van der Waals surface area contributed by atoms with Gasteiger partial charge in [-0.3, -0.25) is 14.5 Å². The highest BCUT2D eigenvalue weighted by Gasteiger charge is 2.55. The Morgan fingerprint density at radius 1 is 1.26 bits per heavy atom. The summed E-state index contributed by atoms with van der Waals surface area (Å²) >= 11 is 3.37. The summed E-state index contributed by atoms with van der Waals surface area (Å²) in [5, 5.41) is 5.60. The van der Waals surface area contributed by atoms with Crippen molar-refractivity contribution in [2.75, 3.05) is 11.9 Å². The molecule has 0 aromatic heterocycles. The number of hydrogen-bond donors (Lipinski definition) is 2. The van der Waals surface area contributed by atoms with Gasteiger partial charge in [-0.2, -0.15) is 0 Å². The number of urea groups is 1. The van der Waals surface area contributed by atoms with Crippen LogP contribution in [-0.4, -0.2) is 29.3 Å². The van der Waals surface area contributed by atoms with E-state index in [1.807, 2.05) is 43.3 Å². The summed E-state index contributed by atoms with van der Waals surface area (Å²) in [5.41, 5.74) is 2.38. The maximum atomic E-state index is 13.1. The summed E-state index contributed by atoms with van der Waals surface area (Å²) in [5.74, 6) is -0.776. The topological polar surface area (TPSA) is 78.5 Å². The summed E-state index contributed by atoms with van der Waals surface area (Å²) in [7, 11) is 0. The molecule has 2 aromatic rings. The van der Waals surface area contributed by atoms with E-state index in [2.05, 4.69) is 26.6 Å². The number of amides is 4. The normalized spacial score (nSPS) is 20.7. The molecule has 27 heavy (non-hydrogen) atoms. The monoisotopic (exact) mass is 427 g/mol. The van der Waals surface area contributed by atoms with Crippen molar-refractivity contribution in [2.24, 2.45) is 0 Å². The SMILES string of the molecule is Cc1ccc(Br)cc1NC(=O)CN1C(=O)NC2(CCc3ccccc32)C1=O. The lowest BCUT2D eigenvalue weighted by molar-refractivity contribution is -0.134. The van der Waals surface area contributed by atoms with Gasteiger partial charge in [0.05, 0.1) is 0 Å². The van der Waals surface area contributed by atoms with Crippen LogP contribution in [0.5, 0.6) is 0 Å². The Hall–Kier alpha value is -2.67. The van der Waals surface area contributed by atoms with Gasteiger partial charge < -0.3 is 10.6 Å². The van der Waals surface area contributed by atoms with Crippen LogP contribution >= 0.6 is 15.9 Å². The molecule has 1 atom stereocenters. The molecule has 1 saturated heterocycles. The van der Waals surface area contributed by atoms with Crippen LogP contribution in [0.4, 0.5) is 10.5 Å². The minimum Gasteiger partial charge on any atom is -0.324 e. The lowest BCUT2D eigenvalue weighted by Crippen LogP contribution is -2.43. The van der Waals surface area contributed by atoms with E-state index in [1.165, 1.54) is 0 Å². The zero-order chi connectivity index (χ0) is 19.2. The number of aryl methyl sites for hydroxylation is 2. The van der Waals surface area contributed by atoms with Crippen LogP contribution < -0.4 is 10.6 Å². The van der Waals surface area contributed by atoms with Gasteiger partial charge in [0, 0.05) is 10.2 Å². The first-order chi connectivity index (χ1) is 12.9. The van der Waals surface area contributed by atoms with Crippen LogP contribution in [0.3, 0.4) is 0 Å². The quantitative estimate of drug-likeness (QED) is 0.738.